The Morgan fingerprint density at radius 1 is 1.45 bits per heavy atom. The second-order valence-corrected chi connectivity index (χ2v) is 5.23. The molecule has 0 aliphatic rings. The van der Waals surface area contributed by atoms with E-state index in [2.05, 4.69) is 34.2 Å². The van der Waals surface area contributed by atoms with Crippen molar-refractivity contribution in [3.63, 3.8) is 0 Å². The maximum absolute atomic E-state index is 12.1. The van der Waals surface area contributed by atoms with Gasteiger partial charge in [-0.15, -0.1) is 0 Å². The third-order valence-electron chi connectivity index (χ3n) is 2.99. The van der Waals surface area contributed by atoms with Gasteiger partial charge in [-0.25, -0.2) is 9.97 Å². The summed E-state index contributed by atoms with van der Waals surface area (Å²) in [6.45, 7) is 4.49. The zero-order valence-electron chi connectivity index (χ0n) is 12.0. The Kier molecular flexibility index (Phi) is 4.49. The molecule has 0 saturated heterocycles. The average Bonchev–Trinajstić information content (AvgIpc) is 2.99. The van der Waals surface area contributed by atoms with Crippen LogP contribution in [0.3, 0.4) is 0 Å². The number of amides is 1. The molecular weight excluding hydrogens is 256 g/mol. The van der Waals surface area contributed by atoms with Gasteiger partial charge in [0.1, 0.15) is 18.7 Å². The molecule has 0 aliphatic heterocycles. The van der Waals surface area contributed by atoms with Crippen LogP contribution >= 0.6 is 0 Å². The maximum Gasteiger partial charge on any atom is 0.240 e. The summed E-state index contributed by atoms with van der Waals surface area (Å²) in [6.07, 6.45) is 7.37. The fourth-order valence-corrected chi connectivity index (χ4v) is 2.11. The van der Waals surface area contributed by atoms with Crippen LogP contribution in [0.15, 0.2) is 25.0 Å². The highest BCUT2D eigenvalue weighted by molar-refractivity contribution is 5.76. The molecule has 1 N–H and O–H groups in total. The number of imidazole rings is 1. The predicted octanol–water partition coefficient (Wildman–Crippen LogP) is 0.915. The Balaban J connectivity index is 2.04. The minimum atomic E-state index is -0.126. The number of carbonyl (C=O) groups excluding carboxylic acids is 1. The van der Waals surface area contributed by atoms with Gasteiger partial charge in [0.15, 0.2) is 0 Å². The molecule has 2 aromatic rings. The normalized spacial score (nSPS) is 12.6. The van der Waals surface area contributed by atoms with E-state index in [1.807, 2.05) is 7.05 Å². The van der Waals surface area contributed by atoms with Crippen molar-refractivity contribution in [2.24, 2.45) is 13.0 Å². The first kappa shape index (κ1) is 14.2. The monoisotopic (exact) mass is 276 g/mol. The summed E-state index contributed by atoms with van der Waals surface area (Å²) in [6, 6.07) is -0.126. The second kappa shape index (κ2) is 6.31. The Bertz CT molecular complexity index is 545. The van der Waals surface area contributed by atoms with E-state index >= 15 is 0 Å². The molecule has 0 aliphatic carbocycles. The zero-order valence-corrected chi connectivity index (χ0v) is 12.0. The van der Waals surface area contributed by atoms with E-state index in [9.17, 15) is 4.79 Å². The number of aromatic nitrogens is 5. The standard InChI is InChI=1S/C13H20N6O/c1-10(2)6-11(13-15-8-16-18(13)3)17-12(20)7-19-5-4-14-9-19/h4-5,8-11H,6-7H2,1-3H3,(H,17,20)/t11-/m1/s1. The molecule has 0 saturated carbocycles. The van der Waals surface area contributed by atoms with Gasteiger partial charge in [0.2, 0.25) is 5.91 Å². The van der Waals surface area contributed by atoms with Crippen molar-refractivity contribution < 1.29 is 4.79 Å². The molecule has 20 heavy (non-hydrogen) atoms. The molecule has 1 atom stereocenters. The van der Waals surface area contributed by atoms with Crippen LogP contribution in [0.25, 0.3) is 0 Å². The summed E-state index contributed by atoms with van der Waals surface area (Å²) < 4.78 is 3.43. The van der Waals surface area contributed by atoms with Crippen molar-refractivity contribution in [3.8, 4) is 0 Å². The summed E-state index contributed by atoms with van der Waals surface area (Å²) in [4.78, 5) is 20.3. The van der Waals surface area contributed by atoms with E-state index in [4.69, 9.17) is 0 Å². The molecule has 0 aromatic carbocycles. The van der Waals surface area contributed by atoms with Crippen molar-refractivity contribution in [1.29, 1.82) is 0 Å². The average molecular weight is 276 g/mol. The minimum absolute atomic E-state index is 0.0587. The van der Waals surface area contributed by atoms with Crippen LogP contribution in [0.2, 0.25) is 0 Å². The molecule has 7 nitrogen and oxygen atoms in total. The molecular formula is C13H20N6O. The van der Waals surface area contributed by atoms with Crippen LogP contribution in [-0.4, -0.2) is 30.2 Å². The van der Waals surface area contributed by atoms with Gasteiger partial charge in [-0.3, -0.25) is 9.48 Å². The lowest BCUT2D eigenvalue weighted by Gasteiger charge is -2.19. The SMILES string of the molecule is CC(C)C[C@@H](NC(=O)Cn1ccnc1)c1ncnn1C. The highest BCUT2D eigenvalue weighted by atomic mass is 16.2. The van der Waals surface area contributed by atoms with Crippen molar-refractivity contribution >= 4 is 5.91 Å². The quantitative estimate of drug-likeness (QED) is 0.851. The fraction of sp³-hybridized carbons (Fsp3) is 0.538. The highest BCUT2D eigenvalue weighted by Gasteiger charge is 2.20. The summed E-state index contributed by atoms with van der Waals surface area (Å²) in [7, 11) is 1.83. The zero-order chi connectivity index (χ0) is 14.5. The highest BCUT2D eigenvalue weighted by Crippen LogP contribution is 2.18. The fourth-order valence-electron chi connectivity index (χ4n) is 2.11. The molecule has 7 heteroatoms. The predicted molar refractivity (Wildman–Crippen MR) is 73.6 cm³/mol. The van der Waals surface area contributed by atoms with Crippen LogP contribution in [0.1, 0.15) is 32.1 Å². The molecule has 0 fully saturated rings. The van der Waals surface area contributed by atoms with Gasteiger partial charge in [-0.2, -0.15) is 5.10 Å². The number of rotatable bonds is 6. The molecule has 0 radical (unpaired) electrons. The minimum Gasteiger partial charge on any atom is -0.345 e. The van der Waals surface area contributed by atoms with Crippen LogP contribution < -0.4 is 5.32 Å². The third-order valence-corrected chi connectivity index (χ3v) is 2.99. The Morgan fingerprint density at radius 2 is 2.25 bits per heavy atom. The molecule has 0 unspecified atom stereocenters. The van der Waals surface area contributed by atoms with Crippen molar-refractivity contribution in [1.82, 2.24) is 29.6 Å². The lowest BCUT2D eigenvalue weighted by atomic mass is 10.0. The number of nitrogens with zero attached hydrogens (tertiary/aromatic N) is 5. The summed E-state index contributed by atoms with van der Waals surface area (Å²) in [5.41, 5.74) is 0. The summed E-state index contributed by atoms with van der Waals surface area (Å²) in [5.74, 6) is 1.17. The molecule has 2 heterocycles. The topological polar surface area (TPSA) is 77.6 Å². The number of hydrogen-bond acceptors (Lipinski definition) is 4. The maximum atomic E-state index is 12.1. The van der Waals surface area contributed by atoms with Crippen molar-refractivity contribution in [2.45, 2.75) is 32.9 Å². The van der Waals surface area contributed by atoms with E-state index in [1.165, 1.54) is 6.33 Å². The van der Waals surface area contributed by atoms with E-state index in [0.717, 1.165) is 12.2 Å². The van der Waals surface area contributed by atoms with Crippen LogP contribution in [0.4, 0.5) is 0 Å². The van der Waals surface area contributed by atoms with Crippen molar-refractivity contribution in [2.75, 3.05) is 0 Å². The number of nitrogens with one attached hydrogen (secondary N) is 1. The van der Waals surface area contributed by atoms with Gasteiger partial charge in [-0.1, -0.05) is 13.8 Å². The van der Waals surface area contributed by atoms with Gasteiger partial charge < -0.3 is 9.88 Å². The van der Waals surface area contributed by atoms with E-state index < -0.39 is 0 Å². The molecule has 108 valence electrons. The first-order chi connectivity index (χ1) is 9.56. The number of hydrogen-bond donors (Lipinski definition) is 1. The van der Waals surface area contributed by atoms with E-state index in [-0.39, 0.29) is 18.5 Å². The Labute approximate surface area is 118 Å². The second-order valence-electron chi connectivity index (χ2n) is 5.23. The van der Waals surface area contributed by atoms with Gasteiger partial charge in [-0.05, 0) is 12.3 Å². The van der Waals surface area contributed by atoms with E-state index in [0.29, 0.717) is 5.92 Å². The van der Waals surface area contributed by atoms with Crippen LogP contribution in [0.5, 0.6) is 0 Å². The largest absolute Gasteiger partial charge is 0.345 e. The third kappa shape index (κ3) is 3.66. The Morgan fingerprint density at radius 3 is 2.80 bits per heavy atom. The first-order valence-electron chi connectivity index (χ1n) is 6.65. The van der Waals surface area contributed by atoms with Crippen LogP contribution in [-0.2, 0) is 18.4 Å². The number of aryl methyl sites for hydroxylation is 1. The molecule has 1 amide bonds. The van der Waals surface area contributed by atoms with E-state index in [1.54, 1.807) is 28.0 Å². The summed E-state index contributed by atoms with van der Waals surface area (Å²) in [5, 5.41) is 7.09. The van der Waals surface area contributed by atoms with Gasteiger partial charge >= 0.3 is 0 Å². The van der Waals surface area contributed by atoms with Gasteiger partial charge in [0.25, 0.3) is 0 Å². The molecule has 0 bridgehead atoms. The smallest absolute Gasteiger partial charge is 0.240 e. The summed E-state index contributed by atoms with van der Waals surface area (Å²) >= 11 is 0. The lowest BCUT2D eigenvalue weighted by molar-refractivity contribution is -0.122. The van der Waals surface area contributed by atoms with Gasteiger partial charge in [0.05, 0.1) is 12.4 Å². The molecule has 2 rings (SSSR count). The van der Waals surface area contributed by atoms with Crippen molar-refractivity contribution in [3.05, 3.63) is 30.9 Å². The van der Waals surface area contributed by atoms with Gasteiger partial charge in [0, 0.05) is 19.4 Å². The number of carbonyl (C=O) groups is 1. The Hall–Kier alpha value is -2.18. The molecule has 2 aromatic heterocycles. The van der Waals surface area contributed by atoms with Crippen LogP contribution in [0, 0.1) is 5.92 Å². The first-order valence-corrected chi connectivity index (χ1v) is 6.65. The lowest BCUT2D eigenvalue weighted by Crippen LogP contribution is -2.33. The molecule has 0 spiro atoms.